The minimum Gasteiger partial charge on any atom is -0.486 e. The van der Waals surface area contributed by atoms with Gasteiger partial charge in [0.2, 0.25) is 0 Å². The third kappa shape index (κ3) is 4.73. The van der Waals surface area contributed by atoms with Gasteiger partial charge in [-0.3, -0.25) is 4.79 Å². The molecule has 1 saturated heterocycles. The summed E-state index contributed by atoms with van der Waals surface area (Å²) in [7, 11) is 0. The van der Waals surface area contributed by atoms with Crippen molar-refractivity contribution in [2.24, 2.45) is 0 Å². The number of nitrogens with one attached hydrogen (secondary N) is 3. The summed E-state index contributed by atoms with van der Waals surface area (Å²) >= 11 is 0. The van der Waals surface area contributed by atoms with E-state index in [9.17, 15) is 4.79 Å². The van der Waals surface area contributed by atoms with E-state index in [4.69, 9.17) is 14.7 Å². The number of hydrogen-bond donors (Lipinski definition) is 3. The zero-order chi connectivity index (χ0) is 20.9. The summed E-state index contributed by atoms with van der Waals surface area (Å²) in [6.07, 6.45) is 0. The van der Waals surface area contributed by atoms with Gasteiger partial charge < -0.3 is 24.6 Å². The van der Waals surface area contributed by atoms with Gasteiger partial charge in [-0.25, -0.2) is 0 Å². The van der Waals surface area contributed by atoms with E-state index in [0.29, 0.717) is 24.5 Å². The second-order valence-electron chi connectivity index (χ2n) is 7.96. The molecule has 0 bridgehead atoms. The van der Waals surface area contributed by atoms with Crippen molar-refractivity contribution in [3.8, 4) is 17.6 Å². The zero-order valence-electron chi connectivity index (χ0n) is 17.2. The third-order valence-electron chi connectivity index (χ3n) is 5.95. The highest BCUT2D eigenvalue weighted by molar-refractivity contribution is 5.93. The molecule has 156 valence electrons. The largest absolute Gasteiger partial charge is 0.486 e. The lowest BCUT2D eigenvalue weighted by atomic mass is 10.1. The smallest absolute Gasteiger partial charge is 0.282 e. The van der Waals surface area contributed by atoms with Crippen LogP contribution < -0.4 is 24.6 Å². The molecule has 1 atom stereocenters. The molecule has 2 heterocycles. The number of quaternary nitrogens is 2. The summed E-state index contributed by atoms with van der Waals surface area (Å²) in [6, 6.07) is 15.4. The number of fused-ring (bicyclic) bond motifs is 1. The van der Waals surface area contributed by atoms with Crippen LogP contribution >= 0.6 is 0 Å². The first-order valence-corrected chi connectivity index (χ1v) is 10.5. The van der Waals surface area contributed by atoms with Crippen LogP contribution in [0.1, 0.15) is 18.1 Å². The van der Waals surface area contributed by atoms with E-state index < -0.39 is 0 Å². The number of carbonyl (C=O) groups is 1. The number of rotatable bonds is 5. The quantitative estimate of drug-likeness (QED) is 0.631. The molecule has 0 unspecified atom stereocenters. The van der Waals surface area contributed by atoms with Gasteiger partial charge >= 0.3 is 0 Å². The fourth-order valence-electron chi connectivity index (χ4n) is 4.08. The molecule has 0 saturated carbocycles. The maximum Gasteiger partial charge on any atom is 0.282 e. The highest BCUT2D eigenvalue weighted by Gasteiger charge is 2.31. The van der Waals surface area contributed by atoms with Gasteiger partial charge in [-0.05, 0) is 31.2 Å². The zero-order valence-corrected chi connectivity index (χ0v) is 17.2. The molecule has 4 rings (SSSR count). The van der Waals surface area contributed by atoms with Crippen LogP contribution in [0.2, 0.25) is 0 Å². The fourth-order valence-corrected chi connectivity index (χ4v) is 4.08. The summed E-state index contributed by atoms with van der Waals surface area (Å²) in [5.74, 6) is 1.43. The van der Waals surface area contributed by atoms with E-state index in [-0.39, 0.29) is 11.9 Å². The molecule has 0 aliphatic carbocycles. The fraction of sp³-hybridized carbons (Fsp3) is 0.391. The monoisotopic (exact) mass is 408 g/mol. The Morgan fingerprint density at radius 1 is 1.07 bits per heavy atom. The Morgan fingerprint density at radius 2 is 1.77 bits per heavy atom. The van der Waals surface area contributed by atoms with Crippen LogP contribution in [-0.2, 0) is 11.3 Å². The van der Waals surface area contributed by atoms with Crippen LogP contribution in [0.5, 0.6) is 11.5 Å². The first kappa shape index (κ1) is 20.2. The molecule has 30 heavy (non-hydrogen) atoms. The summed E-state index contributed by atoms with van der Waals surface area (Å²) in [6.45, 7) is 8.00. The van der Waals surface area contributed by atoms with Crippen LogP contribution in [0.15, 0.2) is 42.5 Å². The van der Waals surface area contributed by atoms with Crippen LogP contribution in [0.3, 0.4) is 0 Å². The Hall–Kier alpha value is -3.08. The topological polar surface area (TPSA) is 80.2 Å². The summed E-state index contributed by atoms with van der Waals surface area (Å²) in [5, 5.41) is 11.9. The Bertz CT molecular complexity index is 930. The molecule has 3 N–H and O–H groups in total. The number of nitriles is 1. The summed E-state index contributed by atoms with van der Waals surface area (Å²) in [5.41, 5.74) is 2.68. The molecule has 0 spiro atoms. The van der Waals surface area contributed by atoms with Gasteiger partial charge in [0.1, 0.15) is 45.9 Å². The van der Waals surface area contributed by atoms with Crippen molar-refractivity contribution in [2.45, 2.75) is 19.5 Å². The molecule has 0 aromatic heterocycles. The molecule has 2 aromatic rings. The van der Waals surface area contributed by atoms with Crippen LogP contribution in [0.25, 0.3) is 0 Å². The lowest BCUT2D eigenvalue weighted by Crippen LogP contribution is -3.29. The lowest BCUT2D eigenvalue weighted by Gasteiger charge is -2.32. The normalized spacial score (nSPS) is 21.3. The van der Waals surface area contributed by atoms with Crippen molar-refractivity contribution in [3.63, 3.8) is 0 Å². The van der Waals surface area contributed by atoms with E-state index in [1.165, 1.54) is 15.4 Å². The van der Waals surface area contributed by atoms with Crippen molar-refractivity contribution in [1.29, 1.82) is 5.26 Å². The van der Waals surface area contributed by atoms with E-state index in [2.05, 4.69) is 11.4 Å². The van der Waals surface area contributed by atoms with Gasteiger partial charge in [0.05, 0.1) is 11.6 Å². The lowest BCUT2D eigenvalue weighted by molar-refractivity contribution is -1.02. The predicted molar refractivity (Wildman–Crippen MR) is 112 cm³/mol. The minimum absolute atomic E-state index is 0.0252. The van der Waals surface area contributed by atoms with Gasteiger partial charge in [-0.2, -0.15) is 5.26 Å². The number of nitrogens with zero attached hydrogens (tertiary/aromatic N) is 1. The predicted octanol–water partition coefficient (Wildman–Crippen LogP) is -0.360. The van der Waals surface area contributed by atoms with E-state index in [0.717, 1.165) is 44.2 Å². The molecular formula is C23H28N4O3+2. The van der Waals surface area contributed by atoms with Gasteiger partial charge in [-0.15, -0.1) is 0 Å². The Balaban J connectivity index is 1.27. The molecule has 0 radical (unpaired) electrons. The molecule has 2 aliphatic heterocycles. The van der Waals surface area contributed by atoms with E-state index in [1.54, 1.807) is 0 Å². The van der Waals surface area contributed by atoms with E-state index in [1.807, 2.05) is 49.4 Å². The standard InChI is InChI=1S/C23H26N4O3/c1-17(23(28)25-20-6-7-21-22(14-20)30-13-12-29-21)27-10-8-26(9-11-27)16-19-4-2-18(15-24)3-5-19/h2-7,14,17H,8-13,16H2,1H3,(H,25,28)/p+2/t17-/m1/s1. The summed E-state index contributed by atoms with van der Waals surface area (Å²) < 4.78 is 11.1. The average Bonchev–Trinajstić information content (AvgIpc) is 2.79. The van der Waals surface area contributed by atoms with Gasteiger partial charge in [0.15, 0.2) is 17.5 Å². The molecule has 1 amide bonds. The van der Waals surface area contributed by atoms with Crippen molar-refractivity contribution in [2.75, 3.05) is 44.7 Å². The second-order valence-corrected chi connectivity index (χ2v) is 7.96. The number of hydrogen-bond acceptors (Lipinski definition) is 4. The Labute approximate surface area is 176 Å². The Kier molecular flexibility index (Phi) is 6.17. The summed E-state index contributed by atoms with van der Waals surface area (Å²) in [4.78, 5) is 15.6. The first-order chi connectivity index (χ1) is 14.6. The van der Waals surface area contributed by atoms with Crippen molar-refractivity contribution in [3.05, 3.63) is 53.6 Å². The first-order valence-electron chi connectivity index (χ1n) is 10.5. The number of ether oxygens (including phenoxy) is 2. The van der Waals surface area contributed by atoms with Gasteiger partial charge in [-0.1, -0.05) is 12.1 Å². The third-order valence-corrected chi connectivity index (χ3v) is 5.95. The van der Waals surface area contributed by atoms with Gasteiger partial charge in [0, 0.05) is 17.3 Å². The number of benzene rings is 2. The highest BCUT2D eigenvalue weighted by Crippen LogP contribution is 2.32. The minimum atomic E-state index is -0.116. The number of piperazine rings is 1. The SMILES string of the molecule is C[C@H](C(=O)Nc1ccc2c(c1)OCCO2)[NH+]1CC[NH+](Cc2ccc(C#N)cc2)CC1. The number of amides is 1. The molecule has 1 fully saturated rings. The van der Waals surface area contributed by atoms with Crippen molar-refractivity contribution in [1.82, 2.24) is 0 Å². The van der Waals surface area contributed by atoms with E-state index >= 15 is 0 Å². The molecule has 7 heteroatoms. The van der Waals surface area contributed by atoms with Crippen LogP contribution in [-0.4, -0.2) is 51.3 Å². The number of carbonyl (C=O) groups excluding carboxylic acids is 1. The van der Waals surface area contributed by atoms with Crippen LogP contribution in [0.4, 0.5) is 5.69 Å². The Morgan fingerprint density at radius 3 is 2.47 bits per heavy atom. The second kappa shape index (κ2) is 9.16. The van der Waals surface area contributed by atoms with Crippen LogP contribution in [0, 0.1) is 11.3 Å². The molecular weight excluding hydrogens is 380 g/mol. The van der Waals surface area contributed by atoms with Crippen molar-refractivity contribution < 1.29 is 24.1 Å². The molecule has 2 aromatic carbocycles. The molecule has 2 aliphatic rings. The maximum absolute atomic E-state index is 12.8. The average molecular weight is 409 g/mol. The van der Waals surface area contributed by atoms with Gasteiger partial charge in [0.25, 0.3) is 5.91 Å². The highest BCUT2D eigenvalue weighted by atomic mass is 16.6. The number of anilines is 1. The molecule has 7 nitrogen and oxygen atoms in total. The van der Waals surface area contributed by atoms with Crippen molar-refractivity contribution >= 4 is 11.6 Å². The maximum atomic E-state index is 12.8.